The van der Waals surface area contributed by atoms with Gasteiger partial charge in [0.2, 0.25) is 0 Å². The summed E-state index contributed by atoms with van der Waals surface area (Å²) < 4.78 is 5.06. The van der Waals surface area contributed by atoms with Crippen molar-refractivity contribution < 1.29 is 0 Å². The summed E-state index contributed by atoms with van der Waals surface area (Å²) in [6.45, 7) is 0. The van der Waals surface area contributed by atoms with Gasteiger partial charge in [-0.25, -0.2) is 23.5 Å². The van der Waals surface area contributed by atoms with Crippen LogP contribution in [0.4, 0.5) is 0 Å². The fourth-order valence-corrected chi connectivity index (χ4v) is 8.05. The summed E-state index contributed by atoms with van der Waals surface area (Å²) in [6, 6.07) is 9.67. The van der Waals surface area contributed by atoms with Gasteiger partial charge in [0.15, 0.2) is 0 Å². The van der Waals surface area contributed by atoms with Crippen LogP contribution in [0.25, 0.3) is 5.69 Å². The minimum atomic E-state index is -0.159. The molecule has 2 spiro atoms. The molecule has 1 aromatic carbocycles. The first-order chi connectivity index (χ1) is 12.2. The third-order valence-electron chi connectivity index (χ3n) is 8.38. The third kappa shape index (κ3) is 0.819. The molecule has 1 aromatic heterocycles. The lowest BCUT2D eigenvalue weighted by Crippen LogP contribution is -2.52. The maximum Gasteiger partial charge on any atom is 0.352 e. The standard InChI is InChI=1S/C20H15N3O2/c24-17-21(10-6-2-1-3-7-10)18(25)23-16-13-11-12(13)15(22(17)23)19-8-4-5-9-20(16,19)14(11)19/h1-9,11-16H/t11?,12-,13+,14?,15-,16-,19+,20-/m1/s1. The molecule has 2 unspecified atom stereocenters. The molecule has 5 aliphatic carbocycles. The molecular weight excluding hydrogens is 314 g/mol. The van der Waals surface area contributed by atoms with Crippen molar-refractivity contribution in [2.45, 2.75) is 12.1 Å². The van der Waals surface area contributed by atoms with E-state index in [0.717, 1.165) is 5.92 Å². The van der Waals surface area contributed by atoms with Gasteiger partial charge in [-0.2, -0.15) is 0 Å². The normalized spacial score (nSPS) is 49.9. The Bertz CT molecular complexity index is 1130. The summed E-state index contributed by atoms with van der Waals surface area (Å²) in [6.07, 6.45) is 9.02. The maximum absolute atomic E-state index is 13.3. The molecule has 2 aromatic rings. The first-order valence-electron chi connectivity index (χ1n) is 9.14. The molecule has 5 nitrogen and oxygen atoms in total. The average Bonchev–Trinajstić information content (AvgIpc) is 3.41. The van der Waals surface area contributed by atoms with Crippen LogP contribution in [-0.2, 0) is 0 Å². The quantitative estimate of drug-likeness (QED) is 0.796. The number of hydrogen-bond acceptors (Lipinski definition) is 2. The molecule has 3 heterocycles. The van der Waals surface area contributed by atoms with Gasteiger partial charge >= 0.3 is 11.4 Å². The van der Waals surface area contributed by atoms with Crippen molar-refractivity contribution in [3.05, 3.63) is 75.6 Å². The van der Waals surface area contributed by atoms with Crippen LogP contribution in [0, 0.1) is 34.5 Å². The van der Waals surface area contributed by atoms with Gasteiger partial charge in [-0.15, -0.1) is 0 Å². The van der Waals surface area contributed by atoms with Crippen LogP contribution in [0.1, 0.15) is 12.1 Å². The molecule has 7 aliphatic rings. The Kier molecular flexibility index (Phi) is 1.44. The summed E-state index contributed by atoms with van der Waals surface area (Å²) in [4.78, 5) is 26.6. The largest absolute Gasteiger partial charge is 0.352 e. The minimum Gasteiger partial charge on any atom is -0.245 e. The maximum atomic E-state index is 13.3. The Morgan fingerprint density at radius 2 is 1.32 bits per heavy atom. The Hall–Kier alpha value is -2.56. The van der Waals surface area contributed by atoms with Crippen molar-refractivity contribution in [1.29, 1.82) is 0 Å². The fourth-order valence-electron chi connectivity index (χ4n) is 8.05. The van der Waals surface area contributed by atoms with E-state index >= 15 is 0 Å². The van der Waals surface area contributed by atoms with Gasteiger partial charge in [0, 0.05) is 10.8 Å². The van der Waals surface area contributed by atoms with E-state index in [1.807, 2.05) is 39.7 Å². The van der Waals surface area contributed by atoms with E-state index in [9.17, 15) is 9.59 Å². The number of hydrogen-bond donors (Lipinski definition) is 0. The highest BCUT2D eigenvalue weighted by Crippen LogP contribution is 3.03. The van der Waals surface area contributed by atoms with Crippen LogP contribution in [0.3, 0.4) is 0 Å². The van der Waals surface area contributed by atoms with Crippen LogP contribution < -0.4 is 11.4 Å². The minimum absolute atomic E-state index is 0.107. The molecule has 4 fully saturated rings. The Morgan fingerprint density at radius 3 is 1.88 bits per heavy atom. The second-order valence-electron chi connectivity index (χ2n) is 8.61. The lowest BCUT2D eigenvalue weighted by Gasteiger charge is -2.47. The van der Waals surface area contributed by atoms with Crippen LogP contribution >= 0.6 is 0 Å². The molecule has 4 saturated carbocycles. The zero-order valence-corrected chi connectivity index (χ0v) is 13.3. The van der Waals surface area contributed by atoms with Gasteiger partial charge in [-0.05, 0) is 35.8 Å². The Labute approximate surface area is 142 Å². The molecule has 2 bridgehead atoms. The number of aromatic nitrogens is 3. The lowest BCUT2D eigenvalue weighted by molar-refractivity contribution is 0.0445. The van der Waals surface area contributed by atoms with Gasteiger partial charge in [0.05, 0.1) is 17.8 Å². The van der Waals surface area contributed by atoms with E-state index in [-0.39, 0.29) is 34.3 Å². The highest BCUT2D eigenvalue weighted by molar-refractivity contribution is 5.57. The molecule has 0 radical (unpaired) electrons. The van der Waals surface area contributed by atoms with E-state index in [2.05, 4.69) is 24.3 Å². The zero-order valence-electron chi connectivity index (χ0n) is 13.3. The highest BCUT2D eigenvalue weighted by atomic mass is 16.2. The van der Waals surface area contributed by atoms with Crippen LogP contribution in [0.5, 0.6) is 0 Å². The molecule has 0 saturated heterocycles. The molecule has 25 heavy (non-hydrogen) atoms. The van der Waals surface area contributed by atoms with Crippen molar-refractivity contribution in [1.82, 2.24) is 13.9 Å². The van der Waals surface area contributed by atoms with Gasteiger partial charge in [0.1, 0.15) is 0 Å². The third-order valence-corrected chi connectivity index (χ3v) is 8.38. The summed E-state index contributed by atoms with van der Waals surface area (Å²) >= 11 is 0. The van der Waals surface area contributed by atoms with Crippen molar-refractivity contribution >= 4 is 0 Å². The molecule has 9 rings (SSSR count). The van der Waals surface area contributed by atoms with Crippen molar-refractivity contribution in [3.8, 4) is 5.69 Å². The Morgan fingerprint density at radius 1 is 0.760 bits per heavy atom. The van der Waals surface area contributed by atoms with Gasteiger partial charge in [-0.3, -0.25) is 0 Å². The summed E-state index contributed by atoms with van der Waals surface area (Å²) in [5.41, 5.74) is 0.568. The lowest BCUT2D eigenvalue weighted by atomic mass is 9.69. The monoisotopic (exact) mass is 329 g/mol. The Balaban J connectivity index is 1.50. The van der Waals surface area contributed by atoms with Gasteiger partial charge in [0.25, 0.3) is 0 Å². The van der Waals surface area contributed by atoms with Crippen LogP contribution in [0.2, 0.25) is 0 Å². The van der Waals surface area contributed by atoms with E-state index in [0.29, 0.717) is 23.4 Å². The van der Waals surface area contributed by atoms with Crippen molar-refractivity contribution in [2.24, 2.45) is 34.5 Å². The summed E-state index contributed by atoms with van der Waals surface area (Å²) in [5.74, 6) is 2.59. The molecule has 8 atom stereocenters. The predicted octanol–water partition coefficient (Wildman–Crippen LogP) is 1.51. The highest BCUT2D eigenvalue weighted by Gasteiger charge is 3.02. The molecule has 5 heteroatoms. The molecule has 0 amide bonds. The van der Waals surface area contributed by atoms with Crippen molar-refractivity contribution in [2.75, 3.05) is 0 Å². The predicted molar refractivity (Wildman–Crippen MR) is 89.5 cm³/mol. The summed E-state index contributed by atoms with van der Waals surface area (Å²) in [7, 11) is 0. The van der Waals surface area contributed by atoms with E-state index in [4.69, 9.17) is 0 Å². The molecule has 2 aliphatic heterocycles. The second kappa shape index (κ2) is 3.02. The van der Waals surface area contributed by atoms with E-state index < -0.39 is 0 Å². The first-order valence-corrected chi connectivity index (χ1v) is 9.14. The molecule has 0 N–H and O–H groups in total. The zero-order chi connectivity index (χ0) is 16.3. The van der Waals surface area contributed by atoms with Crippen LogP contribution in [0.15, 0.2) is 64.2 Å². The first kappa shape index (κ1) is 11.9. The number of allylic oxidation sites excluding steroid dienone is 4. The fraction of sp³-hybridized carbons (Fsp3) is 0.400. The van der Waals surface area contributed by atoms with Crippen molar-refractivity contribution in [3.63, 3.8) is 0 Å². The number of para-hydroxylation sites is 1. The molecular formula is C20H15N3O2. The van der Waals surface area contributed by atoms with Crippen LogP contribution in [-0.4, -0.2) is 13.9 Å². The molecule has 122 valence electrons. The number of benzene rings is 1. The van der Waals surface area contributed by atoms with Gasteiger partial charge in [-0.1, -0.05) is 42.5 Å². The average molecular weight is 329 g/mol. The second-order valence-corrected chi connectivity index (χ2v) is 8.61. The van der Waals surface area contributed by atoms with E-state index in [1.165, 1.54) is 4.57 Å². The summed E-state index contributed by atoms with van der Waals surface area (Å²) in [5, 5.41) is 0. The topological polar surface area (TPSA) is 48.9 Å². The number of rotatable bonds is 1. The van der Waals surface area contributed by atoms with E-state index in [1.54, 1.807) is 0 Å². The van der Waals surface area contributed by atoms with Gasteiger partial charge < -0.3 is 0 Å². The SMILES string of the molecule is O=c1n(-c2ccccc2)c(=O)n2n1[C@@H]1[C@@H]3C4C5[C@@]16C=CC=C[C@]56[C@H]2[C@@H]43. The number of nitrogens with zero attached hydrogens (tertiary/aromatic N) is 3. The smallest absolute Gasteiger partial charge is 0.245 e.